The Labute approximate surface area is 140 Å². The fourth-order valence-corrected chi connectivity index (χ4v) is 3.41. The molecule has 0 aliphatic heterocycles. The topological polar surface area (TPSA) is 76.1 Å². The van der Waals surface area contributed by atoms with Gasteiger partial charge in [-0.1, -0.05) is 29.8 Å². The van der Waals surface area contributed by atoms with E-state index in [1.807, 2.05) is 19.1 Å². The molecule has 0 fully saturated rings. The van der Waals surface area contributed by atoms with Crippen LogP contribution in [0.2, 0.25) is 0 Å². The minimum absolute atomic E-state index is 0.441. The molecule has 0 aliphatic carbocycles. The van der Waals surface area contributed by atoms with Crippen LogP contribution >= 0.6 is 7.67 Å². The third kappa shape index (κ3) is 4.33. The summed E-state index contributed by atoms with van der Waals surface area (Å²) in [6.45, 7) is 1.97. The van der Waals surface area contributed by atoms with Crippen LogP contribution in [0, 0.1) is 6.92 Å². The Morgan fingerprint density at radius 1 is 0.833 bits per heavy atom. The van der Waals surface area contributed by atoms with Crippen molar-refractivity contribution in [2.75, 3.05) is 10.2 Å². The first-order chi connectivity index (χ1) is 11.6. The fraction of sp³-hybridized carbons (Fsp3) is 0.0588. The van der Waals surface area contributed by atoms with Crippen LogP contribution in [0.25, 0.3) is 0 Å². The molecule has 0 bridgehead atoms. The van der Waals surface area contributed by atoms with Gasteiger partial charge in [-0.3, -0.25) is 10.2 Å². The molecule has 0 saturated carbocycles. The minimum Gasteiger partial charge on any atom is -0.414 e. The molecule has 2 heterocycles. The lowest BCUT2D eigenvalue weighted by atomic mass is 10.2. The summed E-state index contributed by atoms with van der Waals surface area (Å²) >= 11 is 0. The zero-order chi connectivity index (χ0) is 16.8. The summed E-state index contributed by atoms with van der Waals surface area (Å²) in [6.07, 6.45) is 3.22. The summed E-state index contributed by atoms with van der Waals surface area (Å²) in [7, 11) is -3.53. The zero-order valence-corrected chi connectivity index (χ0v) is 14.0. The van der Waals surface area contributed by atoms with E-state index in [4.69, 9.17) is 4.52 Å². The zero-order valence-electron chi connectivity index (χ0n) is 13.1. The van der Waals surface area contributed by atoms with E-state index < -0.39 is 7.67 Å². The van der Waals surface area contributed by atoms with Gasteiger partial charge in [0, 0.05) is 12.4 Å². The Morgan fingerprint density at radius 3 is 1.83 bits per heavy atom. The quantitative estimate of drug-likeness (QED) is 0.644. The van der Waals surface area contributed by atoms with E-state index in [9.17, 15) is 4.57 Å². The number of hydrogen-bond acceptors (Lipinski definition) is 4. The minimum atomic E-state index is -3.53. The molecule has 6 nitrogen and oxygen atoms in total. The predicted octanol–water partition coefficient (Wildman–Crippen LogP) is 4.50. The van der Waals surface area contributed by atoms with Gasteiger partial charge in [-0.15, -0.1) is 0 Å². The molecule has 3 rings (SSSR count). The molecular weight excluding hydrogens is 323 g/mol. The normalized spacial score (nSPS) is 10.9. The molecule has 122 valence electrons. The van der Waals surface area contributed by atoms with Gasteiger partial charge in [0.2, 0.25) is 0 Å². The summed E-state index contributed by atoms with van der Waals surface area (Å²) < 4.78 is 19.0. The first-order valence-electron chi connectivity index (χ1n) is 7.38. The fourth-order valence-electron chi connectivity index (χ4n) is 1.98. The Balaban J connectivity index is 1.87. The van der Waals surface area contributed by atoms with Crippen LogP contribution in [0.5, 0.6) is 5.75 Å². The van der Waals surface area contributed by atoms with Gasteiger partial charge in [-0.2, -0.15) is 0 Å². The third-order valence-corrected chi connectivity index (χ3v) is 4.62. The molecule has 7 heteroatoms. The van der Waals surface area contributed by atoms with Crippen molar-refractivity contribution in [1.82, 2.24) is 9.97 Å². The van der Waals surface area contributed by atoms with E-state index in [2.05, 4.69) is 20.1 Å². The molecule has 24 heavy (non-hydrogen) atoms. The number of aryl methyl sites for hydroxylation is 1. The van der Waals surface area contributed by atoms with Gasteiger partial charge >= 0.3 is 7.67 Å². The molecule has 2 aromatic heterocycles. The highest BCUT2D eigenvalue weighted by Crippen LogP contribution is 2.46. The van der Waals surface area contributed by atoms with Gasteiger partial charge in [0.15, 0.2) is 0 Å². The van der Waals surface area contributed by atoms with Crippen molar-refractivity contribution in [3.63, 3.8) is 0 Å². The number of pyridine rings is 2. The molecule has 2 N–H and O–H groups in total. The first-order valence-corrected chi connectivity index (χ1v) is 9.00. The molecule has 0 amide bonds. The standard InChI is InChI=1S/C17H17N4O2P/c1-14-8-10-15(11-9-14)23-24(22,20-16-6-2-4-12-18-16)21-17-7-3-5-13-19-17/h2-13H,1H3,(H2,18,19,20,21,22). The maximum atomic E-state index is 13.3. The highest BCUT2D eigenvalue weighted by molar-refractivity contribution is 7.62. The second kappa shape index (κ2) is 7.15. The maximum absolute atomic E-state index is 13.3. The molecule has 0 unspecified atom stereocenters. The Kier molecular flexibility index (Phi) is 4.77. The van der Waals surface area contributed by atoms with Gasteiger partial charge < -0.3 is 4.52 Å². The second-order valence-corrected chi connectivity index (χ2v) is 6.84. The second-order valence-electron chi connectivity index (χ2n) is 5.11. The van der Waals surface area contributed by atoms with E-state index in [1.54, 1.807) is 60.9 Å². The highest BCUT2D eigenvalue weighted by atomic mass is 31.2. The van der Waals surface area contributed by atoms with Crippen molar-refractivity contribution < 1.29 is 9.09 Å². The van der Waals surface area contributed by atoms with Crippen molar-refractivity contribution in [3.05, 3.63) is 78.6 Å². The van der Waals surface area contributed by atoms with Crippen LogP contribution in [0.4, 0.5) is 11.6 Å². The molecule has 1 aromatic carbocycles. The lowest BCUT2D eigenvalue weighted by Gasteiger charge is -2.21. The summed E-state index contributed by atoms with van der Waals surface area (Å²) in [5.41, 5.74) is 1.09. The molecule has 0 atom stereocenters. The summed E-state index contributed by atoms with van der Waals surface area (Å²) in [5, 5.41) is 5.68. The number of benzene rings is 1. The van der Waals surface area contributed by atoms with Crippen LogP contribution in [0.15, 0.2) is 73.1 Å². The van der Waals surface area contributed by atoms with E-state index >= 15 is 0 Å². The lowest BCUT2D eigenvalue weighted by molar-refractivity contribution is 0.492. The van der Waals surface area contributed by atoms with E-state index in [0.717, 1.165) is 5.56 Å². The summed E-state index contributed by atoms with van der Waals surface area (Å²) in [4.78, 5) is 8.27. The van der Waals surface area contributed by atoms with Crippen LogP contribution < -0.4 is 14.7 Å². The summed E-state index contributed by atoms with van der Waals surface area (Å²) in [6, 6.07) is 17.9. The van der Waals surface area contributed by atoms with Crippen LogP contribution in [0.3, 0.4) is 0 Å². The van der Waals surface area contributed by atoms with E-state index in [0.29, 0.717) is 17.4 Å². The molecule has 0 saturated heterocycles. The first kappa shape index (κ1) is 16.0. The SMILES string of the molecule is Cc1ccc(OP(=O)(Nc2ccccn2)Nc2ccccn2)cc1. The number of nitrogens with one attached hydrogen (secondary N) is 2. The highest BCUT2D eigenvalue weighted by Gasteiger charge is 2.26. The number of aromatic nitrogens is 2. The van der Waals surface area contributed by atoms with Gasteiger partial charge in [0.1, 0.15) is 17.4 Å². The van der Waals surface area contributed by atoms with Crippen LogP contribution in [0.1, 0.15) is 5.56 Å². The summed E-state index contributed by atoms with van der Waals surface area (Å²) in [5.74, 6) is 1.36. The van der Waals surface area contributed by atoms with Crippen LogP contribution in [-0.4, -0.2) is 9.97 Å². The maximum Gasteiger partial charge on any atom is 0.446 e. The molecule has 3 aromatic rings. The van der Waals surface area contributed by atoms with Gasteiger partial charge in [-0.25, -0.2) is 14.5 Å². The predicted molar refractivity (Wildman–Crippen MR) is 95.1 cm³/mol. The van der Waals surface area contributed by atoms with Gasteiger partial charge in [0.25, 0.3) is 0 Å². The van der Waals surface area contributed by atoms with E-state index in [1.165, 1.54) is 0 Å². The monoisotopic (exact) mass is 340 g/mol. The largest absolute Gasteiger partial charge is 0.446 e. The van der Waals surface area contributed by atoms with E-state index in [-0.39, 0.29) is 0 Å². The Bertz CT molecular complexity index is 781. The smallest absolute Gasteiger partial charge is 0.414 e. The van der Waals surface area contributed by atoms with Crippen molar-refractivity contribution in [3.8, 4) is 5.75 Å². The Morgan fingerprint density at radius 2 is 1.38 bits per heavy atom. The number of anilines is 2. The average molecular weight is 340 g/mol. The molecule has 0 radical (unpaired) electrons. The van der Waals surface area contributed by atoms with Crippen molar-refractivity contribution in [1.29, 1.82) is 0 Å². The molecule has 0 spiro atoms. The number of nitrogens with zero attached hydrogens (tertiary/aromatic N) is 2. The third-order valence-electron chi connectivity index (χ3n) is 3.11. The van der Waals surface area contributed by atoms with Crippen molar-refractivity contribution in [2.45, 2.75) is 6.92 Å². The molecular formula is C17H17N4O2P. The lowest BCUT2D eigenvalue weighted by Crippen LogP contribution is -2.13. The number of hydrogen-bond donors (Lipinski definition) is 2. The molecule has 0 aliphatic rings. The number of rotatable bonds is 6. The van der Waals surface area contributed by atoms with Crippen molar-refractivity contribution in [2.24, 2.45) is 0 Å². The van der Waals surface area contributed by atoms with Gasteiger partial charge in [0.05, 0.1) is 0 Å². The van der Waals surface area contributed by atoms with Gasteiger partial charge in [-0.05, 0) is 43.3 Å². The van der Waals surface area contributed by atoms with Crippen molar-refractivity contribution >= 4 is 19.3 Å². The average Bonchev–Trinajstić information content (AvgIpc) is 2.58. The Hall–Kier alpha value is -2.85. The van der Waals surface area contributed by atoms with Crippen LogP contribution in [-0.2, 0) is 4.57 Å².